The molecule has 1 amide bonds. The number of benzene rings is 1. The van der Waals surface area contributed by atoms with E-state index in [4.69, 9.17) is 9.47 Å². The highest BCUT2D eigenvalue weighted by Gasteiger charge is 2.44. The number of rotatable bonds is 3. The molecule has 0 aromatic heterocycles. The number of amides is 1. The van der Waals surface area contributed by atoms with E-state index >= 15 is 0 Å². The Morgan fingerprint density at radius 3 is 2.68 bits per heavy atom. The van der Waals surface area contributed by atoms with Crippen molar-refractivity contribution in [3.8, 4) is 0 Å². The molecule has 1 aromatic carbocycles. The maximum Gasteiger partial charge on any atom is 0.410 e. The molecule has 2 aliphatic heterocycles. The highest BCUT2D eigenvalue weighted by atomic mass is 16.5. The molecule has 2 heterocycles. The number of methoxy groups -OCH3 is 1. The Morgan fingerprint density at radius 2 is 2.00 bits per heavy atom. The zero-order valence-electron chi connectivity index (χ0n) is 12.5. The number of esters is 1. The Balaban J connectivity index is 1.65. The van der Waals surface area contributed by atoms with E-state index in [-0.39, 0.29) is 36.5 Å². The molecule has 5 heteroatoms. The molecule has 0 N–H and O–H groups in total. The summed E-state index contributed by atoms with van der Waals surface area (Å²) in [6.07, 6.45) is 4.33. The molecule has 3 atom stereocenters. The van der Waals surface area contributed by atoms with Gasteiger partial charge in [0.2, 0.25) is 0 Å². The van der Waals surface area contributed by atoms with Crippen LogP contribution < -0.4 is 0 Å². The number of nitrogens with zero attached hydrogens (tertiary/aromatic N) is 1. The molecule has 0 unspecified atom stereocenters. The van der Waals surface area contributed by atoms with Gasteiger partial charge in [-0.3, -0.25) is 4.79 Å². The van der Waals surface area contributed by atoms with Crippen molar-refractivity contribution in [1.82, 2.24) is 4.90 Å². The second kappa shape index (κ2) is 6.22. The lowest BCUT2D eigenvalue weighted by molar-refractivity contribution is -0.153. The van der Waals surface area contributed by atoms with Crippen LogP contribution in [0.15, 0.2) is 42.5 Å². The van der Waals surface area contributed by atoms with Crippen LogP contribution in [0.5, 0.6) is 0 Å². The molecule has 116 valence electrons. The van der Waals surface area contributed by atoms with E-state index < -0.39 is 0 Å². The van der Waals surface area contributed by atoms with Crippen molar-refractivity contribution in [2.75, 3.05) is 13.7 Å². The first-order valence-corrected chi connectivity index (χ1v) is 7.42. The molecule has 4 rings (SSSR count). The first-order chi connectivity index (χ1) is 10.7. The molecule has 5 nitrogen and oxygen atoms in total. The monoisotopic (exact) mass is 301 g/mol. The van der Waals surface area contributed by atoms with Crippen molar-refractivity contribution in [3.05, 3.63) is 48.0 Å². The van der Waals surface area contributed by atoms with Gasteiger partial charge in [0.1, 0.15) is 6.61 Å². The molecule has 1 fully saturated rings. The average molecular weight is 301 g/mol. The fraction of sp³-hybridized carbons (Fsp3) is 0.412. The fourth-order valence-corrected chi connectivity index (χ4v) is 3.17. The second-order valence-electron chi connectivity index (χ2n) is 5.69. The van der Waals surface area contributed by atoms with Crippen molar-refractivity contribution < 1.29 is 19.1 Å². The van der Waals surface area contributed by atoms with Crippen molar-refractivity contribution in [2.24, 2.45) is 11.8 Å². The quantitative estimate of drug-likeness (QED) is 0.635. The minimum Gasteiger partial charge on any atom is -0.461 e. The maximum absolute atomic E-state index is 12.4. The standard InChI is InChI=1S/C17H19NO4/c1-21-17(20)18-10-13-7-8-15(18)14(9-13)16(19)22-11-12-5-3-2-4-6-12/h2-8,13-15H,9-11H2,1H3/t13-,14+,15+/m1/s1. The summed E-state index contributed by atoms with van der Waals surface area (Å²) in [5, 5.41) is 0. The van der Waals surface area contributed by atoms with Crippen LogP contribution in [0.4, 0.5) is 4.79 Å². The van der Waals surface area contributed by atoms with Crippen LogP contribution in [0.1, 0.15) is 12.0 Å². The van der Waals surface area contributed by atoms with Crippen molar-refractivity contribution in [2.45, 2.75) is 19.1 Å². The number of carbonyl (C=O) groups excluding carboxylic acids is 2. The summed E-state index contributed by atoms with van der Waals surface area (Å²) in [6.45, 7) is 0.867. The van der Waals surface area contributed by atoms with Crippen LogP contribution in [0.2, 0.25) is 0 Å². The molecule has 0 spiro atoms. The van der Waals surface area contributed by atoms with Gasteiger partial charge in [-0.1, -0.05) is 42.5 Å². The summed E-state index contributed by atoms with van der Waals surface area (Å²) in [5.74, 6) is -0.373. The Kier molecular flexibility index (Phi) is 4.13. The minimum absolute atomic E-state index is 0.193. The van der Waals surface area contributed by atoms with Gasteiger partial charge in [-0.05, 0) is 17.9 Å². The van der Waals surface area contributed by atoms with E-state index in [1.165, 1.54) is 7.11 Å². The normalized spacial score (nSPS) is 25.9. The number of carbonyl (C=O) groups is 2. The summed E-state index contributed by atoms with van der Waals surface area (Å²) in [4.78, 5) is 25.8. The van der Waals surface area contributed by atoms with Crippen LogP contribution >= 0.6 is 0 Å². The van der Waals surface area contributed by atoms with E-state index in [1.54, 1.807) is 4.90 Å². The summed E-state index contributed by atoms with van der Waals surface area (Å²) >= 11 is 0. The van der Waals surface area contributed by atoms with Crippen molar-refractivity contribution >= 4 is 12.1 Å². The van der Waals surface area contributed by atoms with E-state index in [1.807, 2.05) is 36.4 Å². The lowest BCUT2D eigenvalue weighted by Crippen LogP contribution is -2.55. The Morgan fingerprint density at radius 1 is 1.23 bits per heavy atom. The van der Waals surface area contributed by atoms with Crippen molar-refractivity contribution in [3.63, 3.8) is 0 Å². The van der Waals surface area contributed by atoms with E-state index in [0.717, 1.165) is 12.0 Å². The van der Waals surface area contributed by atoms with Gasteiger partial charge < -0.3 is 14.4 Å². The molecule has 1 aromatic rings. The number of fused-ring (bicyclic) bond motifs is 2. The topological polar surface area (TPSA) is 55.8 Å². The van der Waals surface area contributed by atoms with E-state index in [0.29, 0.717) is 6.54 Å². The van der Waals surface area contributed by atoms with Gasteiger partial charge in [0.15, 0.2) is 0 Å². The zero-order chi connectivity index (χ0) is 15.5. The molecule has 22 heavy (non-hydrogen) atoms. The van der Waals surface area contributed by atoms with Crippen LogP contribution in [0.3, 0.4) is 0 Å². The van der Waals surface area contributed by atoms with E-state index in [2.05, 4.69) is 6.08 Å². The van der Waals surface area contributed by atoms with Gasteiger partial charge in [0.25, 0.3) is 0 Å². The summed E-state index contributed by atoms with van der Waals surface area (Å²) < 4.78 is 10.2. The van der Waals surface area contributed by atoms with Crippen LogP contribution in [0.25, 0.3) is 0 Å². The van der Waals surface area contributed by atoms with Gasteiger partial charge in [0.05, 0.1) is 19.1 Å². The third-order valence-electron chi connectivity index (χ3n) is 4.28. The summed E-state index contributed by atoms with van der Waals surface area (Å²) in [6, 6.07) is 9.31. The third kappa shape index (κ3) is 2.84. The smallest absolute Gasteiger partial charge is 0.410 e. The van der Waals surface area contributed by atoms with Crippen molar-refractivity contribution in [1.29, 1.82) is 0 Å². The summed E-state index contributed by atoms with van der Waals surface area (Å²) in [7, 11) is 1.36. The van der Waals surface area contributed by atoms with Gasteiger partial charge in [0, 0.05) is 6.54 Å². The molecule has 1 saturated heterocycles. The number of hydrogen-bond acceptors (Lipinski definition) is 4. The number of piperidine rings is 1. The number of ether oxygens (including phenoxy) is 2. The molecular formula is C17H19NO4. The minimum atomic E-state index is -0.389. The largest absolute Gasteiger partial charge is 0.461 e. The van der Waals surface area contributed by atoms with Gasteiger partial charge >= 0.3 is 12.1 Å². The first kappa shape index (κ1) is 14.6. The highest BCUT2D eigenvalue weighted by Crippen LogP contribution is 2.35. The Bertz CT molecular complexity index is 584. The van der Waals surface area contributed by atoms with Gasteiger partial charge in [-0.25, -0.2) is 4.79 Å². The summed E-state index contributed by atoms with van der Waals surface area (Å²) in [5.41, 5.74) is 0.956. The Hall–Kier alpha value is -2.30. The van der Waals surface area contributed by atoms with Crippen LogP contribution in [-0.2, 0) is 20.9 Å². The molecule has 0 saturated carbocycles. The lowest BCUT2D eigenvalue weighted by Gasteiger charge is -2.44. The van der Waals surface area contributed by atoms with E-state index in [9.17, 15) is 9.59 Å². The second-order valence-corrected chi connectivity index (χ2v) is 5.69. The predicted octanol–water partition coefficient (Wildman–Crippen LogP) is 2.37. The van der Waals surface area contributed by atoms with Gasteiger partial charge in [-0.2, -0.15) is 0 Å². The molecule has 0 radical (unpaired) electrons. The maximum atomic E-state index is 12.4. The van der Waals surface area contributed by atoms with Crippen LogP contribution in [0, 0.1) is 11.8 Å². The lowest BCUT2D eigenvalue weighted by atomic mass is 9.78. The molecule has 3 aliphatic rings. The average Bonchev–Trinajstić information content (AvgIpc) is 2.60. The van der Waals surface area contributed by atoms with Gasteiger partial charge in [-0.15, -0.1) is 0 Å². The molecular weight excluding hydrogens is 282 g/mol. The fourth-order valence-electron chi connectivity index (χ4n) is 3.17. The first-order valence-electron chi connectivity index (χ1n) is 7.42. The molecule has 2 bridgehead atoms. The van der Waals surface area contributed by atoms with Crippen LogP contribution in [-0.4, -0.2) is 36.7 Å². The highest BCUT2D eigenvalue weighted by molar-refractivity contribution is 5.77. The predicted molar refractivity (Wildman–Crippen MR) is 79.9 cm³/mol. The molecule has 1 aliphatic carbocycles. The zero-order valence-corrected chi connectivity index (χ0v) is 12.5. The number of hydrogen-bond donors (Lipinski definition) is 0. The Labute approximate surface area is 129 Å². The third-order valence-corrected chi connectivity index (χ3v) is 4.28. The SMILES string of the molecule is COC(=O)N1C[C@@H]2C=C[C@H]1[C@@H](C(=O)OCc1ccccc1)C2.